The first-order valence-corrected chi connectivity index (χ1v) is 6.98. The van der Waals surface area contributed by atoms with Crippen molar-refractivity contribution in [2.75, 3.05) is 20.6 Å². The third-order valence-electron chi connectivity index (χ3n) is 4.37. The predicted octanol–water partition coefficient (Wildman–Crippen LogP) is 3.91. The van der Waals surface area contributed by atoms with Crippen molar-refractivity contribution in [3.8, 4) is 0 Å². The van der Waals surface area contributed by atoms with Crippen molar-refractivity contribution < 1.29 is 4.39 Å². The molecule has 0 heterocycles. The van der Waals surface area contributed by atoms with Gasteiger partial charge in [-0.1, -0.05) is 25.5 Å². The van der Waals surface area contributed by atoms with E-state index in [1.54, 1.807) is 12.1 Å². The molecular formula is C16H24FN. The van der Waals surface area contributed by atoms with Crippen molar-refractivity contribution in [2.24, 2.45) is 11.8 Å². The van der Waals surface area contributed by atoms with Gasteiger partial charge in [-0.15, -0.1) is 0 Å². The summed E-state index contributed by atoms with van der Waals surface area (Å²) in [6, 6.07) is 7.12. The third-order valence-corrected chi connectivity index (χ3v) is 4.37. The fraction of sp³-hybridized carbons (Fsp3) is 0.625. The van der Waals surface area contributed by atoms with Crippen molar-refractivity contribution in [2.45, 2.75) is 32.1 Å². The van der Waals surface area contributed by atoms with E-state index in [2.05, 4.69) is 25.9 Å². The minimum Gasteiger partial charge on any atom is -0.309 e. The Hall–Kier alpha value is -0.890. The van der Waals surface area contributed by atoms with E-state index < -0.39 is 0 Å². The molecule has 1 nitrogen and oxygen atoms in total. The number of benzene rings is 1. The highest BCUT2D eigenvalue weighted by Crippen LogP contribution is 2.41. The monoisotopic (exact) mass is 249 g/mol. The lowest BCUT2D eigenvalue weighted by atomic mass is 9.70. The van der Waals surface area contributed by atoms with Crippen molar-refractivity contribution in [1.82, 2.24) is 4.90 Å². The second kappa shape index (κ2) is 5.83. The zero-order valence-corrected chi connectivity index (χ0v) is 11.7. The molecule has 100 valence electrons. The first kappa shape index (κ1) is 13.5. The SMILES string of the molecule is CC1[C@H](CN(C)C)CCC[C@H]1c1ccc(F)cc1. The Kier molecular flexibility index (Phi) is 4.39. The van der Waals surface area contributed by atoms with Crippen LogP contribution in [0, 0.1) is 17.7 Å². The molecule has 1 aliphatic rings. The summed E-state index contributed by atoms with van der Waals surface area (Å²) in [6.07, 6.45) is 3.87. The molecule has 0 N–H and O–H groups in total. The van der Waals surface area contributed by atoms with Crippen LogP contribution in [0.1, 0.15) is 37.7 Å². The average Bonchev–Trinajstić information content (AvgIpc) is 2.33. The average molecular weight is 249 g/mol. The van der Waals surface area contributed by atoms with Crippen LogP contribution in [0.4, 0.5) is 4.39 Å². The van der Waals surface area contributed by atoms with Crippen LogP contribution in [0.15, 0.2) is 24.3 Å². The molecule has 1 aromatic carbocycles. The Morgan fingerprint density at radius 1 is 1.17 bits per heavy atom. The number of hydrogen-bond acceptors (Lipinski definition) is 1. The van der Waals surface area contributed by atoms with Crippen LogP contribution in [0.2, 0.25) is 0 Å². The van der Waals surface area contributed by atoms with Crippen molar-refractivity contribution in [3.63, 3.8) is 0 Å². The predicted molar refractivity (Wildman–Crippen MR) is 74.2 cm³/mol. The van der Waals surface area contributed by atoms with Gasteiger partial charge in [-0.25, -0.2) is 4.39 Å². The van der Waals surface area contributed by atoms with E-state index in [4.69, 9.17) is 0 Å². The Morgan fingerprint density at radius 2 is 1.83 bits per heavy atom. The topological polar surface area (TPSA) is 3.24 Å². The Morgan fingerprint density at radius 3 is 2.44 bits per heavy atom. The van der Waals surface area contributed by atoms with Crippen LogP contribution in [-0.4, -0.2) is 25.5 Å². The fourth-order valence-corrected chi connectivity index (χ4v) is 3.36. The molecule has 0 aromatic heterocycles. The highest BCUT2D eigenvalue weighted by Gasteiger charge is 2.30. The van der Waals surface area contributed by atoms with E-state index in [1.165, 1.54) is 31.4 Å². The molecule has 2 heteroatoms. The van der Waals surface area contributed by atoms with Gasteiger partial charge in [0.05, 0.1) is 0 Å². The molecule has 1 saturated carbocycles. The maximum Gasteiger partial charge on any atom is 0.123 e. The van der Waals surface area contributed by atoms with Crippen LogP contribution in [0.3, 0.4) is 0 Å². The van der Waals surface area contributed by atoms with Gasteiger partial charge < -0.3 is 4.90 Å². The van der Waals surface area contributed by atoms with Gasteiger partial charge in [-0.05, 0) is 62.4 Å². The summed E-state index contributed by atoms with van der Waals surface area (Å²) in [5, 5.41) is 0. The van der Waals surface area contributed by atoms with Crippen molar-refractivity contribution >= 4 is 0 Å². The minimum atomic E-state index is -0.132. The molecule has 1 aliphatic carbocycles. The molecule has 2 rings (SSSR count). The van der Waals surface area contributed by atoms with Gasteiger partial charge in [-0.3, -0.25) is 0 Å². The normalized spacial score (nSPS) is 28.6. The van der Waals surface area contributed by atoms with Gasteiger partial charge in [-0.2, -0.15) is 0 Å². The number of halogens is 1. The van der Waals surface area contributed by atoms with E-state index in [0.717, 1.165) is 5.92 Å². The summed E-state index contributed by atoms with van der Waals surface area (Å²) < 4.78 is 13.0. The van der Waals surface area contributed by atoms with Crippen LogP contribution < -0.4 is 0 Å². The molecule has 1 aromatic rings. The van der Waals surface area contributed by atoms with E-state index >= 15 is 0 Å². The maximum absolute atomic E-state index is 13.0. The Labute approximate surface area is 110 Å². The van der Waals surface area contributed by atoms with Gasteiger partial charge in [0.1, 0.15) is 5.82 Å². The van der Waals surface area contributed by atoms with Gasteiger partial charge in [0.25, 0.3) is 0 Å². The first-order chi connectivity index (χ1) is 8.58. The molecule has 0 saturated heterocycles. The molecule has 0 aliphatic heterocycles. The molecule has 1 unspecified atom stereocenters. The lowest BCUT2D eigenvalue weighted by molar-refractivity contribution is 0.175. The summed E-state index contributed by atoms with van der Waals surface area (Å²) in [7, 11) is 4.29. The molecule has 0 bridgehead atoms. The number of hydrogen-bond donors (Lipinski definition) is 0. The summed E-state index contributed by atoms with van der Waals surface area (Å²) >= 11 is 0. The summed E-state index contributed by atoms with van der Waals surface area (Å²) in [5.41, 5.74) is 1.31. The zero-order valence-electron chi connectivity index (χ0n) is 11.7. The largest absolute Gasteiger partial charge is 0.309 e. The van der Waals surface area contributed by atoms with Crippen LogP contribution >= 0.6 is 0 Å². The lowest BCUT2D eigenvalue weighted by Crippen LogP contribution is -2.32. The van der Waals surface area contributed by atoms with Crippen molar-refractivity contribution in [3.05, 3.63) is 35.6 Å². The minimum absolute atomic E-state index is 0.132. The third kappa shape index (κ3) is 3.11. The van der Waals surface area contributed by atoms with Crippen LogP contribution in [0.25, 0.3) is 0 Å². The smallest absolute Gasteiger partial charge is 0.123 e. The Bertz CT molecular complexity index is 371. The molecule has 18 heavy (non-hydrogen) atoms. The van der Waals surface area contributed by atoms with E-state index in [9.17, 15) is 4.39 Å². The van der Waals surface area contributed by atoms with Gasteiger partial charge in [0.15, 0.2) is 0 Å². The lowest BCUT2D eigenvalue weighted by Gasteiger charge is -2.37. The molecular weight excluding hydrogens is 225 g/mol. The van der Waals surface area contributed by atoms with Gasteiger partial charge >= 0.3 is 0 Å². The summed E-state index contributed by atoms with van der Waals surface area (Å²) in [6.45, 7) is 3.53. The van der Waals surface area contributed by atoms with E-state index in [1.807, 2.05) is 12.1 Å². The number of nitrogens with zero attached hydrogens (tertiary/aromatic N) is 1. The second-order valence-electron chi connectivity index (χ2n) is 5.97. The molecule has 3 atom stereocenters. The van der Waals surface area contributed by atoms with Crippen molar-refractivity contribution in [1.29, 1.82) is 0 Å². The second-order valence-corrected chi connectivity index (χ2v) is 5.97. The van der Waals surface area contributed by atoms with Gasteiger partial charge in [0, 0.05) is 6.54 Å². The van der Waals surface area contributed by atoms with E-state index in [-0.39, 0.29) is 5.82 Å². The molecule has 0 amide bonds. The quantitative estimate of drug-likeness (QED) is 0.785. The van der Waals surface area contributed by atoms with Crippen LogP contribution in [0.5, 0.6) is 0 Å². The summed E-state index contributed by atoms with van der Waals surface area (Å²) in [5.74, 6) is 1.92. The van der Waals surface area contributed by atoms with Crippen LogP contribution in [-0.2, 0) is 0 Å². The standard InChI is InChI=1S/C16H24FN/c1-12-14(11-18(2)3)5-4-6-16(12)13-7-9-15(17)10-8-13/h7-10,12,14,16H,4-6,11H2,1-3H3/t12?,14-,16+/m0/s1. The zero-order chi connectivity index (χ0) is 13.1. The molecule has 0 radical (unpaired) electrons. The summed E-state index contributed by atoms with van der Waals surface area (Å²) in [4.78, 5) is 2.29. The number of rotatable bonds is 3. The highest BCUT2D eigenvalue weighted by atomic mass is 19.1. The Balaban J connectivity index is 2.10. The highest BCUT2D eigenvalue weighted by molar-refractivity contribution is 5.22. The molecule has 1 fully saturated rings. The first-order valence-electron chi connectivity index (χ1n) is 6.98. The fourth-order valence-electron chi connectivity index (χ4n) is 3.36. The maximum atomic E-state index is 13.0. The molecule has 0 spiro atoms. The van der Waals surface area contributed by atoms with E-state index in [0.29, 0.717) is 11.8 Å². The van der Waals surface area contributed by atoms with Gasteiger partial charge in [0.2, 0.25) is 0 Å².